The molecule has 0 spiro atoms. The highest BCUT2D eigenvalue weighted by molar-refractivity contribution is 9.10. The molecule has 0 unspecified atom stereocenters. The summed E-state index contributed by atoms with van der Waals surface area (Å²) < 4.78 is 42.0. The number of rotatable bonds is 4. The number of aromatic amines is 1. The molecule has 3 aromatic rings. The Morgan fingerprint density at radius 1 is 1.20 bits per heavy atom. The largest absolute Gasteiger partial charge is 0.573 e. The van der Waals surface area contributed by atoms with E-state index >= 15 is 0 Å². The van der Waals surface area contributed by atoms with Gasteiger partial charge in [0.25, 0.3) is 0 Å². The van der Waals surface area contributed by atoms with E-state index in [1.54, 1.807) is 18.2 Å². The molecular weight excluding hydrogens is 403 g/mol. The highest BCUT2D eigenvalue weighted by Gasteiger charge is 2.31. The highest BCUT2D eigenvalue weighted by Crippen LogP contribution is 2.35. The summed E-state index contributed by atoms with van der Waals surface area (Å²) in [4.78, 5) is 14.3. The number of H-pyrrole nitrogens is 1. The summed E-state index contributed by atoms with van der Waals surface area (Å²) in [5, 5.41) is 9.57. The van der Waals surface area contributed by atoms with Crippen molar-refractivity contribution in [2.75, 3.05) is 0 Å². The maximum atomic E-state index is 12.4. The molecule has 1 aromatic heterocycles. The van der Waals surface area contributed by atoms with Gasteiger partial charge in [-0.15, -0.1) is 13.2 Å². The number of nitrogens with one attached hydrogen (secondary N) is 1. The molecule has 2 aromatic carbocycles. The fourth-order valence-corrected chi connectivity index (χ4v) is 3.05. The second kappa shape index (κ2) is 6.44. The van der Waals surface area contributed by atoms with Gasteiger partial charge in [0, 0.05) is 15.4 Å². The maximum absolute atomic E-state index is 12.4. The zero-order valence-corrected chi connectivity index (χ0v) is 14.1. The highest BCUT2D eigenvalue weighted by atomic mass is 79.9. The molecular formula is C17H11BrF3NO3. The van der Waals surface area contributed by atoms with Crippen LogP contribution in [0.15, 0.2) is 46.9 Å². The van der Waals surface area contributed by atoms with Crippen LogP contribution in [0.1, 0.15) is 5.56 Å². The first kappa shape index (κ1) is 17.3. The third-order valence-corrected chi connectivity index (χ3v) is 4.05. The molecule has 0 fully saturated rings. The topological polar surface area (TPSA) is 62.3 Å². The third-order valence-electron chi connectivity index (χ3n) is 3.55. The maximum Gasteiger partial charge on any atom is 0.573 e. The van der Waals surface area contributed by atoms with Crippen molar-refractivity contribution in [3.05, 3.63) is 52.5 Å². The number of carbonyl (C=O) groups is 1. The van der Waals surface area contributed by atoms with E-state index in [0.29, 0.717) is 22.2 Å². The molecule has 8 heteroatoms. The van der Waals surface area contributed by atoms with Gasteiger partial charge in [-0.25, -0.2) is 0 Å². The predicted molar refractivity (Wildman–Crippen MR) is 89.5 cm³/mol. The number of ether oxygens (including phenoxy) is 1. The van der Waals surface area contributed by atoms with Gasteiger partial charge in [0.2, 0.25) is 0 Å². The van der Waals surface area contributed by atoms with Crippen molar-refractivity contribution in [1.82, 2.24) is 4.98 Å². The smallest absolute Gasteiger partial charge is 0.481 e. The summed E-state index contributed by atoms with van der Waals surface area (Å²) in [6, 6.07) is 11.0. The van der Waals surface area contributed by atoms with Crippen LogP contribution in [0.25, 0.3) is 22.2 Å². The molecule has 0 aliphatic carbocycles. The lowest BCUT2D eigenvalue weighted by Crippen LogP contribution is -2.17. The molecule has 0 aliphatic heterocycles. The van der Waals surface area contributed by atoms with E-state index in [1.165, 1.54) is 18.2 Å². The van der Waals surface area contributed by atoms with E-state index in [1.807, 2.05) is 6.07 Å². The molecule has 0 aliphatic rings. The number of fused-ring (bicyclic) bond motifs is 1. The van der Waals surface area contributed by atoms with E-state index in [0.717, 1.165) is 10.0 Å². The van der Waals surface area contributed by atoms with Crippen molar-refractivity contribution < 1.29 is 27.8 Å². The first-order chi connectivity index (χ1) is 11.7. The van der Waals surface area contributed by atoms with Crippen LogP contribution in [0.3, 0.4) is 0 Å². The quantitative estimate of drug-likeness (QED) is 0.623. The van der Waals surface area contributed by atoms with Crippen LogP contribution in [0.4, 0.5) is 13.2 Å². The Labute approximate surface area is 148 Å². The lowest BCUT2D eigenvalue weighted by molar-refractivity contribution is -0.274. The van der Waals surface area contributed by atoms with Gasteiger partial charge in [-0.1, -0.05) is 28.1 Å². The summed E-state index contributed by atoms with van der Waals surface area (Å²) in [6.07, 6.45) is -5.15. The molecule has 130 valence electrons. The molecule has 25 heavy (non-hydrogen) atoms. The molecule has 0 bridgehead atoms. The van der Waals surface area contributed by atoms with Crippen LogP contribution in [-0.2, 0) is 11.2 Å². The summed E-state index contributed by atoms with van der Waals surface area (Å²) in [5.74, 6) is -1.48. The average molecular weight is 414 g/mol. The zero-order valence-electron chi connectivity index (χ0n) is 12.5. The van der Waals surface area contributed by atoms with Gasteiger partial charge >= 0.3 is 12.3 Å². The van der Waals surface area contributed by atoms with Crippen LogP contribution in [0.2, 0.25) is 0 Å². The third kappa shape index (κ3) is 3.96. The zero-order chi connectivity index (χ0) is 18.2. The van der Waals surface area contributed by atoms with Gasteiger partial charge < -0.3 is 14.8 Å². The van der Waals surface area contributed by atoms with Crippen LogP contribution in [0.5, 0.6) is 5.75 Å². The molecule has 0 saturated carbocycles. The van der Waals surface area contributed by atoms with Crippen molar-refractivity contribution in [1.29, 1.82) is 0 Å². The molecule has 0 radical (unpaired) electrons. The molecule has 1 heterocycles. The van der Waals surface area contributed by atoms with E-state index in [9.17, 15) is 23.1 Å². The number of hydrogen-bond acceptors (Lipinski definition) is 2. The lowest BCUT2D eigenvalue weighted by atomic mass is 10.0. The Morgan fingerprint density at radius 3 is 2.60 bits per heavy atom. The van der Waals surface area contributed by atoms with Crippen LogP contribution in [0, 0.1) is 0 Å². The minimum absolute atomic E-state index is 0.336. The second-order valence-electron chi connectivity index (χ2n) is 5.31. The summed E-state index contributed by atoms with van der Waals surface area (Å²) in [6.45, 7) is 0. The van der Waals surface area contributed by atoms with Crippen molar-refractivity contribution in [3.63, 3.8) is 0 Å². The van der Waals surface area contributed by atoms with Crippen molar-refractivity contribution in [2.45, 2.75) is 12.8 Å². The molecule has 4 nitrogen and oxygen atoms in total. The normalized spacial score (nSPS) is 11.7. The first-order valence-electron chi connectivity index (χ1n) is 7.11. The standard InChI is InChI=1S/C17H11BrF3NO3/c18-10-3-1-2-9(6-10)16-13(8-15(23)24)12-7-11(25-17(19,20)21)4-5-14(12)22-16/h1-7,22H,8H2,(H,23,24). The summed E-state index contributed by atoms with van der Waals surface area (Å²) in [5.41, 5.74) is 2.19. The average Bonchev–Trinajstić information content (AvgIpc) is 2.83. The number of carboxylic acids is 1. The van der Waals surface area contributed by atoms with Crippen LogP contribution >= 0.6 is 15.9 Å². The fourth-order valence-electron chi connectivity index (χ4n) is 2.65. The van der Waals surface area contributed by atoms with E-state index in [-0.39, 0.29) is 6.42 Å². The van der Waals surface area contributed by atoms with Gasteiger partial charge in [0.05, 0.1) is 12.1 Å². The Morgan fingerprint density at radius 2 is 1.96 bits per heavy atom. The van der Waals surface area contributed by atoms with Gasteiger partial charge in [0.15, 0.2) is 0 Å². The van der Waals surface area contributed by atoms with E-state index in [2.05, 4.69) is 25.7 Å². The minimum Gasteiger partial charge on any atom is -0.481 e. The minimum atomic E-state index is -4.82. The number of carboxylic acid groups (broad SMARTS) is 1. The molecule has 0 saturated heterocycles. The van der Waals surface area contributed by atoms with Crippen LogP contribution in [-0.4, -0.2) is 22.4 Å². The molecule has 0 amide bonds. The van der Waals surface area contributed by atoms with Crippen molar-refractivity contribution in [3.8, 4) is 17.0 Å². The van der Waals surface area contributed by atoms with Gasteiger partial charge in [0.1, 0.15) is 5.75 Å². The first-order valence-corrected chi connectivity index (χ1v) is 7.90. The van der Waals surface area contributed by atoms with E-state index in [4.69, 9.17) is 0 Å². The number of alkyl halides is 3. The fraction of sp³-hybridized carbons (Fsp3) is 0.118. The number of halogens is 4. The molecule has 0 atom stereocenters. The SMILES string of the molecule is O=C(O)Cc1c(-c2cccc(Br)c2)[nH]c2ccc(OC(F)(F)F)cc12. The number of hydrogen-bond donors (Lipinski definition) is 2. The Bertz CT molecular complexity index is 950. The summed E-state index contributed by atoms with van der Waals surface area (Å²) in [7, 11) is 0. The summed E-state index contributed by atoms with van der Waals surface area (Å²) >= 11 is 3.35. The van der Waals surface area contributed by atoms with Gasteiger partial charge in [-0.3, -0.25) is 4.79 Å². The predicted octanol–water partition coefficient (Wildman–Crippen LogP) is 5.12. The number of benzene rings is 2. The second-order valence-corrected chi connectivity index (χ2v) is 6.23. The van der Waals surface area contributed by atoms with Gasteiger partial charge in [-0.05, 0) is 41.5 Å². The van der Waals surface area contributed by atoms with Crippen molar-refractivity contribution >= 4 is 32.8 Å². The Balaban J connectivity index is 2.18. The monoisotopic (exact) mass is 413 g/mol. The van der Waals surface area contributed by atoms with Crippen LogP contribution < -0.4 is 4.74 Å². The van der Waals surface area contributed by atoms with E-state index < -0.39 is 18.1 Å². The van der Waals surface area contributed by atoms with Gasteiger partial charge in [-0.2, -0.15) is 0 Å². The molecule has 3 rings (SSSR count). The lowest BCUT2D eigenvalue weighted by Gasteiger charge is -2.09. The van der Waals surface area contributed by atoms with Crippen molar-refractivity contribution in [2.24, 2.45) is 0 Å². The number of aromatic nitrogens is 1. The Hall–Kier alpha value is -2.48. The Kier molecular flexibility index (Phi) is 4.47. The molecule has 2 N–H and O–H groups in total. The number of aliphatic carboxylic acids is 1.